The van der Waals surface area contributed by atoms with E-state index in [9.17, 15) is 19.5 Å². The zero-order valence-corrected chi connectivity index (χ0v) is 18.3. The molecule has 1 aliphatic rings. The Morgan fingerprint density at radius 3 is 2.09 bits per heavy atom. The minimum Gasteiger partial charge on any atom is -0.463 e. The van der Waals surface area contributed by atoms with Gasteiger partial charge in [-0.05, 0) is 17.7 Å². The number of carbonyl (C=O) groups is 3. The number of aliphatic hydroxyl groups excluding tert-OH is 1. The van der Waals surface area contributed by atoms with Gasteiger partial charge in [0.05, 0.1) is 12.2 Å². The van der Waals surface area contributed by atoms with Crippen LogP contribution in [0.2, 0.25) is 0 Å². The SMILES string of the molecule is CC(=O)OC[C@@H]1OC(O)[C@H](OC(=O)c2ccccc2)[C@@H](OCc2ccccc2)[C@@H]1OC(C)=O. The Labute approximate surface area is 191 Å². The molecular formula is C24H26O9. The zero-order valence-electron chi connectivity index (χ0n) is 18.3. The van der Waals surface area contributed by atoms with Gasteiger partial charge in [0, 0.05) is 13.8 Å². The lowest BCUT2D eigenvalue weighted by atomic mass is 9.98. The molecule has 3 rings (SSSR count). The van der Waals surface area contributed by atoms with Crippen molar-refractivity contribution in [2.24, 2.45) is 0 Å². The van der Waals surface area contributed by atoms with Crippen molar-refractivity contribution in [2.45, 2.75) is 51.2 Å². The van der Waals surface area contributed by atoms with Gasteiger partial charge in [-0.2, -0.15) is 0 Å². The van der Waals surface area contributed by atoms with Crippen molar-refractivity contribution in [2.75, 3.05) is 6.61 Å². The maximum absolute atomic E-state index is 12.7. The van der Waals surface area contributed by atoms with Crippen LogP contribution in [0.25, 0.3) is 0 Å². The van der Waals surface area contributed by atoms with Crippen LogP contribution in [0.3, 0.4) is 0 Å². The summed E-state index contributed by atoms with van der Waals surface area (Å²) in [5, 5.41) is 10.7. The van der Waals surface area contributed by atoms with Gasteiger partial charge in [0.2, 0.25) is 0 Å². The average Bonchev–Trinajstić information content (AvgIpc) is 2.80. The number of aliphatic hydroxyl groups is 1. The second kappa shape index (κ2) is 11.6. The molecule has 9 nitrogen and oxygen atoms in total. The molecule has 0 aliphatic carbocycles. The molecule has 33 heavy (non-hydrogen) atoms. The van der Waals surface area contributed by atoms with E-state index in [0.717, 1.165) is 5.56 Å². The number of esters is 3. The van der Waals surface area contributed by atoms with E-state index in [4.69, 9.17) is 23.7 Å². The summed E-state index contributed by atoms with van der Waals surface area (Å²) in [6.07, 6.45) is -6.21. The topological polar surface area (TPSA) is 118 Å². The molecule has 0 saturated carbocycles. The molecule has 2 aromatic carbocycles. The highest BCUT2D eigenvalue weighted by Gasteiger charge is 2.50. The second-order valence-corrected chi connectivity index (χ2v) is 7.44. The molecule has 1 fully saturated rings. The van der Waals surface area contributed by atoms with Gasteiger partial charge >= 0.3 is 17.9 Å². The summed E-state index contributed by atoms with van der Waals surface area (Å²) in [5.74, 6) is -1.93. The fourth-order valence-electron chi connectivity index (χ4n) is 3.41. The van der Waals surface area contributed by atoms with Gasteiger partial charge in [-0.15, -0.1) is 0 Å². The first kappa shape index (κ1) is 24.4. The van der Waals surface area contributed by atoms with E-state index >= 15 is 0 Å². The summed E-state index contributed by atoms with van der Waals surface area (Å²) in [7, 11) is 0. The molecule has 1 unspecified atom stereocenters. The van der Waals surface area contributed by atoms with Crippen LogP contribution in [0.4, 0.5) is 0 Å². The number of hydrogen-bond acceptors (Lipinski definition) is 9. The van der Waals surface area contributed by atoms with Gasteiger partial charge < -0.3 is 28.8 Å². The fraction of sp³-hybridized carbons (Fsp3) is 0.375. The Morgan fingerprint density at radius 1 is 0.848 bits per heavy atom. The molecule has 0 amide bonds. The van der Waals surface area contributed by atoms with Gasteiger partial charge in [-0.25, -0.2) is 4.79 Å². The molecule has 0 bridgehead atoms. The Kier molecular flexibility index (Phi) is 8.53. The average molecular weight is 458 g/mol. The zero-order chi connectivity index (χ0) is 23.8. The lowest BCUT2D eigenvalue weighted by molar-refractivity contribution is -0.298. The largest absolute Gasteiger partial charge is 0.463 e. The Hall–Kier alpha value is -3.27. The van der Waals surface area contributed by atoms with Crippen molar-refractivity contribution < 1.29 is 43.2 Å². The quantitative estimate of drug-likeness (QED) is 0.468. The van der Waals surface area contributed by atoms with E-state index in [-0.39, 0.29) is 18.8 Å². The number of rotatable bonds is 8. The maximum Gasteiger partial charge on any atom is 0.338 e. The Bertz CT molecular complexity index is 931. The molecule has 0 spiro atoms. The monoisotopic (exact) mass is 458 g/mol. The number of benzene rings is 2. The van der Waals surface area contributed by atoms with Gasteiger partial charge in [-0.1, -0.05) is 48.5 Å². The lowest BCUT2D eigenvalue weighted by Crippen LogP contribution is -2.62. The molecule has 1 heterocycles. The van der Waals surface area contributed by atoms with E-state index < -0.39 is 48.6 Å². The molecule has 9 heteroatoms. The number of ether oxygens (including phenoxy) is 5. The first-order chi connectivity index (χ1) is 15.8. The van der Waals surface area contributed by atoms with Crippen LogP contribution < -0.4 is 0 Å². The smallest absolute Gasteiger partial charge is 0.338 e. The third kappa shape index (κ3) is 6.85. The van der Waals surface area contributed by atoms with Crippen molar-refractivity contribution in [3.8, 4) is 0 Å². The molecule has 1 N–H and O–H groups in total. The van der Waals surface area contributed by atoms with Crippen LogP contribution in [0, 0.1) is 0 Å². The van der Waals surface area contributed by atoms with E-state index in [0.29, 0.717) is 0 Å². The minimum atomic E-state index is -1.62. The summed E-state index contributed by atoms with van der Waals surface area (Å²) in [5.41, 5.74) is 1.07. The molecule has 1 saturated heterocycles. The number of carbonyl (C=O) groups excluding carboxylic acids is 3. The highest BCUT2D eigenvalue weighted by molar-refractivity contribution is 5.89. The van der Waals surface area contributed by atoms with Crippen molar-refractivity contribution in [1.29, 1.82) is 0 Å². The minimum absolute atomic E-state index is 0.0790. The van der Waals surface area contributed by atoms with Crippen molar-refractivity contribution >= 4 is 17.9 Å². The molecule has 2 aromatic rings. The van der Waals surface area contributed by atoms with Crippen LogP contribution >= 0.6 is 0 Å². The molecular weight excluding hydrogens is 432 g/mol. The van der Waals surface area contributed by atoms with Crippen LogP contribution in [0.5, 0.6) is 0 Å². The Morgan fingerprint density at radius 2 is 1.48 bits per heavy atom. The van der Waals surface area contributed by atoms with E-state index in [1.165, 1.54) is 13.8 Å². The van der Waals surface area contributed by atoms with Gasteiger partial charge in [0.1, 0.15) is 18.8 Å². The van der Waals surface area contributed by atoms with Crippen molar-refractivity contribution in [3.63, 3.8) is 0 Å². The number of hydrogen-bond donors (Lipinski definition) is 1. The Balaban J connectivity index is 1.87. The molecule has 5 atom stereocenters. The second-order valence-electron chi connectivity index (χ2n) is 7.44. The normalized spacial score (nSPS) is 24.5. The van der Waals surface area contributed by atoms with Crippen LogP contribution in [-0.4, -0.2) is 60.3 Å². The molecule has 0 radical (unpaired) electrons. The summed E-state index contributed by atoms with van der Waals surface area (Å²) in [6.45, 7) is 2.20. The van der Waals surface area contributed by atoms with E-state index in [2.05, 4.69) is 0 Å². The summed E-state index contributed by atoms with van der Waals surface area (Å²) in [4.78, 5) is 35.8. The van der Waals surface area contributed by atoms with E-state index in [1.54, 1.807) is 30.3 Å². The third-order valence-electron chi connectivity index (χ3n) is 4.90. The molecule has 1 aliphatic heterocycles. The first-order valence-corrected chi connectivity index (χ1v) is 10.4. The fourth-order valence-corrected chi connectivity index (χ4v) is 3.41. The van der Waals surface area contributed by atoms with Crippen LogP contribution in [0.15, 0.2) is 60.7 Å². The van der Waals surface area contributed by atoms with Crippen LogP contribution in [-0.2, 0) is 39.9 Å². The van der Waals surface area contributed by atoms with Gasteiger partial charge in [0.15, 0.2) is 18.5 Å². The third-order valence-corrected chi connectivity index (χ3v) is 4.90. The van der Waals surface area contributed by atoms with Crippen molar-refractivity contribution in [1.82, 2.24) is 0 Å². The highest BCUT2D eigenvalue weighted by atomic mass is 16.7. The van der Waals surface area contributed by atoms with Crippen LogP contribution in [0.1, 0.15) is 29.8 Å². The highest BCUT2D eigenvalue weighted by Crippen LogP contribution is 2.29. The summed E-state index contributed by atoms with van der Waals surface area (Å²) in [6, 6.07) is 17.4. The maximum atomic E-state index is 12.7. The van der Waals surface area contributed by atoms with Gasteiger partial charge in [-0.3, -0.25) is 9.59 Å². The predicted octanol–water partition coefficient (Wildman–Crippen LogP) is 2.01. The van der Waals surface area contributed by atoms with Crippen molar-refractivity contribution in [3.05, 3.63) is 71.8 Å². The first-order valence-electron chi connectivity index (χ1n) is 10.4. The molecule has 176 valence electrons. The predicted molar refractivity (Wildman–Crippen MR) is 114 cm³/mol. The standard InChI is InChI=1S/C24H26O9/c1-15(25)29-14-19-20(31-16(2)26)21(30-13-17-9-5-3-6-10-17)22(24(28)32-19)33-23(27)18-11-7-4-8-12-18/h3-12,19-22,24,28H,13-14H2,1-2H3/t19-,20+,21-,22+,24?/m0/s1. The summed E-state index contributed by atoms with van der Waals surface area (Å²) >= 11 is 0. The van der Waals surface area contributed by atoms with Gasteiger partial charge in [0.25, 0.3) is 0 Å². The summed E-state index contributed by atoms with van der Waals surface area (Å²) < 4.78 is 27.5. The molecule has 0 aromatic heterocycles. The van der Waals surface area contributed by atoms with E-state index in [1.807, 2.05) is 30.3 Å². The lowest BCUT2D eigenvalue weighted by Gasteiger charge is -2.43.